The van der Waals surface area contributed by atoms with Crippen molar-refractivity contribution in [1.82, 2.24) is 5.43 Å². The van der Waals surface area contributed by atoms with E-state index in [0.717, 1.165) is 11.3 Å². The Kier molecular flexibility index (Phi) is 6.73. The number of nitrogens with zero attached hydrogens (tertiary/aromatic N) is 1. The standard InChI is InChI=1S/C19H21N3O4/c1-13-5-3-4-6-16(13)21-18(24)9-10-19(25)22-20-12-14-11-15(26-2)7-8-17(14)23/h3-8,11-12,23H,9-10H2,1-2H3,(H,21,24)(H,22,25)/b20-12-. The number of phenols is 1. The van der Waals surface area contributed by atoms with E-state index in [1.807, 2.05) is 25.1 Å². The SMILES string of the molecule is COc1ccc(O)c(/C=N\NC(=O)CCC(=O)Nc2ccccc2C)c1. The fraction of sp³-hybridized carbons (Fsp3) is 0.211. The van der Waals surface area contributed by atoms with Crippen LogP contribution in [-0.2, 0) is 9.59 Å². The van der Waals surface area contributed by atoms with Crippen molar-refractivity contribution >= 4 is 23.7 Å². The van der Waals surface area contributed by atoms with Crippen molar-refractivity contribution in [2.24, 2.45) is 5.10 Å². The van der Waals surface area contributed by atoms with Gasteiger partial charge in [-0.1, -0.05) is 18.2 Å². The maximum atomic E-state index is 11.9. The van der Waals surface area contributed by atoms with Crippen LogP contribution in [0.3, 0.4) is 0 Å². The molecule has 0 aliphatic rings. The van der Waals surface area contributed by atoms with E-state index in [2.05, 4.69) is 15.8 Å². The van der Waals surface area contributed by atoms with Gasteiger partial charge < -0.3 is 15.2 Å². The zero-order valence-corrected chi connectivity index (χ0v) is 14.7. The van der Waals surface area contributed by atoms with Crippen LogP contribution in [-0.4, -0.2) is 30.2 Å². The number of phenolic OH excluding ortho intramolecular Hbond substituents is 1. The molecule has 0 atom stereocenters. The lowest BCUT2D eigenvalue weighted by molar-refractivity contribution is -0.124. The number of methoxy groups -OCH3 is 1. The molecule has 0 aliphatic carbocycles. The molecule has 0 bridgehead atoms. The predicted octanol–water partition coefficient (Wildman–Crippen LogP) is 2.58. The zero-order chi connectivity index (χ0) is 18.9. The number of hydrogen-bond acceptors (Lipinski definition) is 5. The van der Waals surface area contributed by atoms with Crippen LogP contribution in [0.2, 0.25) is 0 Å². The third-order valence-electron chi connectivity index (χ3n) is 3.63. The van der Waals surface area contributed by atoms with E-state index in [1.54, 1.807) is 18.2 Å². The van der Waals surface area contributed by atoms with Crippen LogP contribution in [0.4, 0.5) is 5.69 Å². The largest absolute Gasteiger partial charge is 0.507 e. The highest BCUT2D eigenvalue weighted by molar-refractivity contribution is 5.94. The fourth-order valence-electron chi connectivity index (χ4n) is 2.15. The summed E-state index contributed by atoms with van der Waals surface area (Å²) in [6.45, 7) is 1.89. The van der Waals surface area contributed by atoms with E-state index in [9.17, 15) is 14.7 Å². The van der Waals surface area contributed by atoms with Gasteiger partial charge in [0.05, 0.1) is 13.3 Å². The van der Waals surface area contributed by atoms with Gasteiger partial charge in [0.1, 0.15) is 11.5 Å². The van der Waals surface area contributed by atoms with Gasteiger partial charge in [-0.05, 0) is 36.8 Å². The van der Waals surface area contributed by atoms with Gasteiger partial charge in [-0.3, -0.25) is 9.59 Å². The topological polar surface area (TPSA) is 100 Å². The molecule has 0 aromatic heterocycles. The summed E-state index contributed by atoms with van der Waals surface area (Å²) in [5.41, 5.74) is 4.41. The van der Waals surface area contributed by atoms with Crippen molar-refractivity contribution < 1.29 is 19.4 Å². The second kappa shape index (κ2) is 9.22. The molecule has 136 valence electrons. The molecule has 0 saturated carbocycles. The van der Waals surface area contributed by atoms with Crippen LogP contribution >= 0.6 is 0 Å². The van der Waals surface area contributed by atoms with E-state index >= 15 is 0 Å². The number of hydrazone groups is 1. The minimum Gasteiger partial charge on any atom is -0.507 e. The van der Waals surface area contributed by atoms with E-state index in [-0.39, 0.29) is 24.5 Å². The molecule has 7 heteroatoms. The van der Waals surface area contributed by atoms with Gasteiger partial charge in [-0.15, -0.1) is 0 Å². The molecule has 7 nitrogen and oxygen atoms in total. The summed E-state index contributed by atoms with van der Waals surface area (Å²) in [4.78, 5) is 23.7. The molecular weight excluding hydrogens is 334 g/mol. The maximum absolute atomic E-state index is 11.9. The average Bonchev–Trinajstić information content (AvgIpc) is 2.63. The molecule has 0 unspecified atom stereocenters. The highest BCUT2D eigenvalue weighted by Crippen LogP contribution is 2.21. The molecule has 0 fully saturated rings. The van der Waals surface area contributed by atoms with E-state index < -0.39 is 5.91 Å². The second-order valence-corrected chi connectivity index (χ2v) is 5.58. The minimum absolute atomic E-state index is 0.000846. The third kappa shape index (κ3) is 5.62. The van der Waals surface area contributed by atoms with Gasteiger partial charge in [0.15, 0.2) is 0 Å². The molecule has 2 aromatic rings. The quantitative estimate of drug-likeness (QED) is 0.525. The summed E-state index contributed by atoms with van der Waals surface area (Å²) in [5, 5.41) is 16.3. The predicted molar refractivity (Wildman–Crippen MR) is 99.4 cm³/mol. The molecule has 0 spiro atoms. The molecule has 0 aliphatic heterocycles. The Labute approximate surface area is 151 Å². The Morgan fingerprint density at radius 3 is 2.62 bits per heavy atom. The van der Waals surface area contributed by atoms with Crippen LogP contribution < -0.4 is 15.5 Å². The monoisotopic (exact) mass is 355 g/mol. The molecule has 0 heterocycles. The van der Waals surface area contributed by atoms with Crippen molar-refractivity contribution in [2.75, 3.05) is 12.4 Å². The van der Waals surface area contributed by atoms with Gasteiger partial charge in [-0.25, -0.2) is 5.43 Å². The van der Waals surface area contributed by atoms with Gasteiger partial charge in [0, 0.05) is 24.1 Å². The van der Waals surface area contributed by atoms with Crippen LogP contribution in [0.15, 0.2) is 47.6 Å². The summed E-state index contributed by atoms with van der Waals surface area (Å²) in [7, 11) is 1.51. The number of ether oxygens (including phenoxy) is 1. The van der Waals surface area contributed by atoms with Crippen molar-refractivity contribution in [3.05, 3.63) is 53.6 Å². The molecule has 2 rings (SSSR count). The number of amides is 2. The Bertz CT molecular complexity index is 818. The highest BCUT2D eigenvalue weighted by atomic mass is 16.5. The van der Waals surface area contributed by atoms with E-state index in [4.69, 9.17) is 4.74 Å². The number of nitrogens with one attached hydrogen (secondary N) is 2. The maximum Gasteiger partial charge on any atom is 0.240 e. The second-order valence-electron chi connectivity index (χ2n) is 5.58. The Morgan fingerprint density at radius 1 is 1.15 bits per heavy atom. The van der Waals surface area contributed by atoms with E-state index in [0.29, 0.717) is 11.3 Å². The Hall–Kier alpha value is -3.35. The molecule has 0 saturated heterocycles. The van der Waals surface area contributed by atoms with Crippen LogP contribution in [0, 0.1) is 6.92 Å². The van der Waals surface area contributed by atoms with Crippen LogP contribution in [0.1, 0.15) is 24.0 Å². The first-order chi connectivity index (χ1) is 12.5. The van der Waals surface area contributed by atoms with Crippen molar-refractivity contribution in [3.8, 4) is 11.5 Å². The molecular formula is C19H21N3O4. The summed E-state index contributed by atoms with van der Waals surface area (Å²) in [6.07, 6.45) is 1.35. The van der Waals surface area contributed by atoms with E-state index in [1.165, 1.54) is 19.4 Å². The van der Waals surface area contributed by atoms with Gasteiger partial charge in [-0.2, -0.15) is 5.10 Å². The lowest BCUT2D eigenvalue weighted by Crippen LogP contribution is -2.20. The summed E-state index contributed by atoms with van der Waals surface area (Å²) >= 11 is 0. The molecule has 0 radical (unpaired) electrons. The fourth-order valence-corrected chi connectivity index (χ4v) is 2.15. The number of para-hydroxylation sites is 1. The molecule has 26 heavy (non-hydrogen) atoms. The number of aryl methyl sites for hydroxylation is 1. The smallest absolute Gasteiger partial charge is 0.240 e. The van der Waals surface area contributed by atoms with Crippen molar-refractivity contribution in [2.45, 2.75) is 19.8 Å². The first-order valence-corrected chi connectivity index (χ1v) is 8.04. The van der Waals surface area contributed by atoms with Crippen molar-refractivity contribution in [3.63, 3.8) is 0 Å². The number of rotatable bonds is 7. The molecule has 3 N–H and O–H groups in total. The van der Waals surface area contributed by atoms with Crippen LogP contribution in [0.25, 0.3) is 0 Å². The molecule has 2 aromatic carbocycles. The number of hydrogen-bond donors (Lipinski definition) is 3. The summed E-state index contributed by atoms with van der Waals surface area (Å²) in [5.74, 6) is -0.0719. The lowest BCUT2D eigenvalue weighted by Gasteiger charge is -2.07. The zero-order valence-electron chi connectivity index (χ0n) is 14.7. The number of aromatic hydroxyl groups is 1. The number of benzene rings is 2. The van der Waals surface area contributed by atoms with Gasteiger partial charge >= 0.3 is 0 Å². The van der Waals surface area contributed by atoms with Gasteiger partial charge in [0.2, 0.25) is 11.8 Å². The Morgan fingerprint density at radius 2 is 1.88 bits per heavy atom. The summed E-state index contributed by atoms with van der Waals surface area (Å²) < 4.78 is 5.05. The number of carbonyl (C=O) groups is 2. The number of anilines is 1. The van der Waals surface area contributed by atoms with Gasteiger partial charge in [0.25, 0.3) is 0 Å². The lowest BCUT2D eigenvalue weighted by atomic mass is 10.2. The highest BCUT2D eigenvalue weighted by Gasteiger charge is 2.08. The Balaban J connectivity index is 1.80. The first-order valence-electron chi connectivity index (χ1n) is 8.04. The third-order valence-corrected chi connectivity index (χ3v) is 3.63. The minimum atomic E-state index is -0.399. The first kappa shape index (κ1) is 19.0. The van der Waals surface area contributed by atoms with Crippen LogP contribution in [0.5, 0.6) is 11.5 Å². The molecule has 2 amide bonds. The summed E-state index contributed by atoms with van der Waals surface area (Å²) in [6, 6.07) is 12.1. The average molecular weight is 355 g/mol. The van der Waals surface area contributed by atoms with Crippen molar-refractivity contribution in [1.29, 1.82) is 0 Å². The normalized spacial score (nSPS) is 10.5. The number of carbonyl (C=O) groups excluding carboxylic acids is 2.